The zero-order chi connectivity index (χ0) is 20.1. The van der Waals surface area contributed by atoms with Crippen LogP contribution in [0.1, 0.15) is 18.9 Å². The molecular weight excluding hydrogens is 410 g/mol. The molecule has 0 radical (unpaired) electrons. The molecule has 28 heavy (non-hydrogen) atoms. The molecule has 1 amide bonds. The highest BCUT2D eigenvalue weighted by atomic mass is 32.2. The van der Waals surface area contributed by atoms with Crippen LogP contribution in [0.25, 0.3) is 6.08 Å². The fourth-order valence-electron chi connectivity index (χ4n) is 2.70. The Bertz CT molecular complexity index is 927. The van der Waals surface area contributed by atoms with E-state index < -0.39 is 0 Å². The summed E-state index contributed by atoms with van der Waals surface area (Å²) in [7, 11) is 1.61. The van der Waals surface area contributed by atoms with Crippen LogP contribution >= 0.6 is 35.7 Å². The second kappa shape index (κ2) is 9.49. The number of nitrogens with zero attached hydrogens (tertiary/aromatic N) is 1. The summed E-state index contributed by atoms with van der Waals surface area (Å²) in [4.78, 5) is 16.2. The molecular formula is C21H21NO3S3. The summed E-state index contributed by atoms with van der Waals surface area (Å²) in [6.45, 7) is 2.68. The van der Waals surface area contributed by atoms with Crippen molar-refractivity contribution in [2.75, 3.05) is 24.9 Å². The molecule has 0 atom stereocenters. The van der Waals surface area contributed by atoms with Crippen LogP contribution in [0.4, 0.5) is 5.69 Å². The van der Waals surface area contributed by atoms with Crippen molar-refractivity contribution in [2.45, 2.75) is 18.2 Å². The van der Waals surface area contributed by atoms with E-state index in [-0.39, 0.29) is 5.91 Å². The second-order valence-electron chi connectivity index (χ2n) is 5.98. The maximum atomic E-state index is 13.0. The van der Waals surface area contributed by atoms with E-state index in [9.17, 15) is 4.79 Å². The van der Waals surface area contributed by atoms with E-state index in [1.54, 1.807) is 23.8 Å². The highest BCUT2D eigenvalue weighted by Crippen LogP contribution is 2.38. The molecule has 1 aliphatic heterocycles. The number of thiocarbonyl (C=S) groups is 1. The third-order valence-corrected chi connectivity index (χ3v) is 6.08. The highest BCUT2D eigenvalue weighted by Gasteiger charge is 2.33. The number of amides is 1. The first-order chi connectivity index (χ1) is 13.6. The molecule has 0 unspecified atom stereocenters. The number of ether oxygens (including phenoxy) is 2. The van der Waals surface area contributed by atoms with Crippen LogP contribution in [0.2, 0.25) is 0 Å². The van der Waals surface area contributed by atoms with Gasteiger partial charge >= 0.3 is 0 Å². The number of hydrogen-bond donors (Lipinski definition) is 0. The number of thioether (sulfide) groups is 2. The molecule has 0 spiro atoms. The highest BCUT2D eigenvalue weighted by molar-refractivity contribution is 8.27. The van der Waals surface area contributed by atoms with Crippen molar-refractivity contribution in [1.29, 1.82) is 0 Å². The topological polar surface area (TPSA) is 38.8 Å². The Morgan fingerprint density at radius 2 is 2.04 bits per heavy atom. The van der Waals surface area contributed by atoms with E-state index >= 15 is 0 Å². The Labute approximate surface area is 179 Å². The van der Waals surface area contributed by atoms with Crippen LogP contribution in [-0.2, 0) is 4.79 Å². The van der Waals surface area contributed by atoms with Crippen molar-refractivity contribution >= 4 is 57.7 Å². The van der Waals surface area contributed by atoms with Gasteiger partial charge in [0.15, 0.2) is 15.8 Å². The van der Waals surface area contributed by atoms with Gasteiger partial charge in [-0.15, -0.1) is 11.8 Å². The van der Waals surface area contributed by atoms with Gasteiger partial charge in [-0.05, 0) is 54.6 Å². The quantitative estimate of drug-likeness (QED) is 0.322. The summed E-state index contributed by atoms with van der Waals surface area (Å²) in [5.41, 5.74) is 1.65. The van der Waals surface area contributed by atoms with Crippen LogP contribution in [0.3, 0.4) is 0 Å². The first-order valence-corrected chi connectivity index (χ1v) is 11.2. The predicted octanol–water partition coefficient (Wildman–Crippen LogP) is 5.61. The lowest BCUT2D eigenvalue weighted by molar-refractivity contribution is -0.113. The Hall–Kier alpha value is -1.96. The Balaban J connectivity index is 1.87. The molecule has 4 nitrogen and oxygen atoms in total. The molecule has 0 N–H and O–H groups in total. The van der Waals surface area contributed by atoms with Gasteiger partial charge in [-0.1, -0.05) is 43.0 Å². The van der Waals surface area contributed by atoms with Crippen LogP contribution in [0, 0.1) is 0 Å². The molecule has 2 aromatic carbocycles. The van der Waals surface area contributed by atoms with Crippen LogP contribution in [0.5, 0.6) is 11.5 Å². The van der Waals surface area contributed by atoms with E-state index in [4.69, 9.17) is 21.7 Å². The molecule has 0 bridgehead atoms. The molecule has 1 saturated heterocycles. The zero-order valence-electron chi connectivity index (χ0n) is 15.9. The van der Waals surface area contributed by atoms with Crippen molar-refractivity contribution in [3.8, 4) is 11.5 Å². The van der Waals surface area contributed by atoms with Gasteiger partial charge < -0.3 is 9.47 Å². The molecule has 3 rings (SSSR count). The van der Waals surface area contributed by atoms with Gasteiger partial charge in [0.05, 0.1) is 24.3 Å². The first-order valence-electron chi connectivity index (χ1n) is 8.80. The molecule has 146 valence electrons. The monoisotopic (exact) mass is 431 g/mol. The summed E-state index contributed by atoms with van der Waals surface area (Å²) in [5.74, 6) is 1.23. The lowest BCUT2D eigenvalue weighted by Gasteiger charge is -2.15. The van der Waals surface area contributed by atoms with Gasteiger partial charge in [0.1, 0.15) is 0 Å². The Morgan fingerprint density at radius 3 is 2.75 bits per heavy atom. The van der Waals surface area contributed by atoms with Crippen molar-refractivity contribution < 1.29 is 14.3 Å². The Morgan fingerprint density at radius 1 is 1.21 bits per heavy atom. The molecule has 1 heterocycles. The average molecular weight is 432 g/mol. The SMILES string of the molecule is CCCOc1ccc(/C=C2\SC(=S)N(c3cccc(SC)c3)C2=O)cc1OC. The number of benzene rings is 2. The maximum absolute atomic E-state index is 13.0. The van der Waals surface area contributed by atoms with Gasteiger partial charge in [-0.2, -0.15) is 0 Å². The fraction of sp³-hybridized carbons (Fsp3) is 0.238. The largest absolute Gasteiger partial charge is 0.493 e. The second-order valence-corrected chi connectivity index (χ2v) is 8.53. The molecule has 1 aliphatic rings. The number of hydrogen-bond acceptors (Lipinski definition) is 6. The summed E-state index contributed by atoms with van der Waals surface area (Å²) in [6, 6.07) is 13.5. The standard InChI is InChI=1S/C21H21NO3S3/c1-4-10-25-17-9-8-14(11-18(17)24-2)12-19-20(23)22(21(26)28-19)15-6-5-7-16(13-15)27-3/h5-9,11-13H,4,10H2,1-3H3/b19-12-. The normalized spacial score (nSPS) is 15.4. The number of anilines is 1. The van der Waals surface area contributed by atoms with E-state index in [2.05, 4.69) is 6.92 Å². The van der Waals surface area contributed by atoms with Crippen molar-refractivity contribution in [2.24, 2.45) is 0 Å². The van der Waals surface area contributed by atoms with Crippen LogP contribution in [-0.4, -0.2) is 30.2 Å². The fourth-order valence-corrected chi connectivity index (χ4v) is 4.45. The maximum Gasteiger partial charge on any atom is 0.270 e. The number of methoxy groups -OCH3 is 1. The first kappa shape index (κ1) is 20.8. The number of carbonyl (C=O) groups is 1. The lowest BCUT2D eigenvalue weighted by atomic mass is 10.2. The van der Waals surface area contributed by atoms with Crippen LogP contribution < -0.4 is 14.4 Å². The van der Waals surface area contributed by atoms with Crippen molar-refractivity contribution in [3.05, 3.63) is 52.9 Å². The van der Waals surface area contributed by atoms with Gasteiger partial charge in [0, 0.05) is 4.90 Å². The summed E-state index contributed by atoms with van der Waals surface area (Å²) in [5, 5.41) is 0. The van der Waals surface area contributed by atoms with E-state index in [0.29, 0.717) is 27.3 Å². The molecule has 0 saturated carbocycles. The van der Waals surface area contributed by atoms with Crippen LogP contribution in [0.15, 0.2) is 52.3 Å². The molecule has 1 fully saturated rings. The van der Waals surface area contributed by atoms with Crippen molar-refractivity contribution in [3.63, 3.8) is 0 Å². The van der Waals surface area contributed by atoms with E-state index in [1.165, 1.54) is 11.8 Å². The lowest BCUT2D eigenvalue weighted by Crippen LogP contribution is -2.27. The predicted molar refractivity (Wildman–Crippen MR) is 123 cm³/mol. The number of rotatable bonds is 7. The molecule has 2 aromatic rings. The van der Waals surface area contributed by atoms with Gasteiger partial charge in [0.25, 0.3) is 5.91 Å². The smallest absolute Gasteiger partial charge is 0.270 e. The minimum absolute atomic E-state index is 0.112. The average Bonchev–Trinajstić information content (AvgIpc) is 2.99. The van der Waals surface area contributed by atoms with Gasteiger partial charge in [0.2, 0.25) is 0 Å². The zero-order valence-corrected chi connectivity index (χ0v) is 18.4. The van der Waals surface area contributed by atoms with E-state index in [1.807, 2.05) is 54.8 Å². The minimum Gasteiger partial charge on any atom is -0.493 e. The minimum atomic E-state index is -0.112. The Kier molecular flexibility index (Phi) is 7.04. The molecule has 7 heteroatoms. The molecule has 0 aromatic heterocycles. The van der Waals surface area contributed by atoms with Gasteiger partial charge in [-0.3, -0.25) is 9.69 Å². The summed E-state index contributed by atoms with van der Waals surface area (Å²) >= 11 is 8.40. The summed E-state index contributed by atoms with van der Waals surface area (Å²) in [6.07, 6.45) is 4.76. The van der Waals surface area contributed by atoms with Gasteiger partial charge in [-0.25, -0.2) is 0 Å². The van der Waals surface area contributed by atoms with Crippen molar-refractivity contribution in [1.82, 2.24) is 0 Å². The third kappa shape index (κ3) is 4.54. The summed E-state index contributed by atoms with van der Waals surface area (Å²) < 4.78 is 11.6. The third-order valence-electron chi connectivity index (χ3n) is 4.05. The molecule has 0 aliphatic carbocycles. The van der Waals surface area contributed by atoms with E-state index in [0.717, 1.165) is 22.6 Å². The number of carbonyl (C=O) groups excluding carboxylic acids is 1.